The van der Waals surface area contributed by atoms with E-state index >= 15 is 0 Å². The summed E-state index contributed by atoms with van der Waals surface area (Å²) < 4.78 is 8.38. The highest BCUT2D eigenvalue weighted by atomic mass is 16.5. The number of carbonyl (C=O) groups is 1. The molecule has 6 heteroatoms. The van der Waals surface area contributed by atoms with E-state index in [4.69, 9.17) is 4.74 Å². The van der Waals surface area contributed by atoms with Gasteiger partial charge in [0.05, 0.1) is 18.2 Å². The molecule has 0 aliphatic carbocycles. The molecule has 0 N–H and O–H groups in total. The van der Waals surface area contributed by atoms with Crippen molar-refractivity contribution in [3.63, 3.8) is 0 Å². The molecule has 0 atom stereocenters. The normalized spacial score (nSPS) is 10.7. The first-order valence-electron chi connectivity index (χ1n) is 11.0. The fraction of sp³-hybridized carbons (Fsp3) is 0.346. The van der Waals surface area contributed by atoms with Gasteiger partial charge in [-0.2, -0.15) is 5.26 Å². The zero-order valence-electron chi connectivity index (χ0n) is 18.9. The van der Waals surface area contributed by atoms with Crippen LogP contribution in [0.5, 0.6) is 0 Å². The Morgan fingerprint density at radius 3 is 2.47 bits per heavy atom. The van der Waals surface area contributed by atoms with Crippen molar-refractivity contribution in [1.82, 2.24) is 9.36 Å². The second kappa shape index (κ2) is 10.6. The summed E-state index contributed by atoms with van der Waals surface area (Å²) in [5.41, 5.74) is 5.02. The highest BCUT2D eigenvalue weighted by molar-refractivity contribution is 5.70. The number of benzene rings is 2. The Morgan fingerprint density at radius 2 is 1.81 bits per heavy atom. The van der Waals surface area contributed by atoms with Crippen LogP contribution < -0.4 is 5.56 Å². The summed E-state index contributed by atoms with van der Waals surface area (Å²) in [7, 11) is 1.70. The molecule has 0 amide bonds. The summed E-state index contributed by atoms with van der Waals surface area (Å²) in [6.07, 6.45) is 3.15. The molecule has 32 heavy (non-hydrogen) atoms. The molecule has 0 saturated carbocycles. The maximum absolute atomic E-state index is 13.0. The Labute approximate surface area is 188 Å². The number of unbranched alkanes of at least 4 members (excludes halogenated alkanes) is 1. The third-order valence-corrected chi connectivity index (χ3v) is 5.62. The molecule has 0 aliphatic rings. The second-order valence-electron chi connectivity index (χ2n) is 7.75. The summed E-state index contributed by atoms with van der Waals surface area (Å²) in [6.45, 7) is 4.22. The van der Waals surface area contributed by atoms with Crippen molar-refractivity contribution in [1.29, 1.82) is 5.26 Å². The monoisotopic (exact) mass is 431 g/mol. The summed E-state index contributed by atoms with van der Waals surface area (Å²) in [5, 5.41) is 9.36. The van der Waals surface area contributed by atoms with E-state index in [0.717, 1.165) is 47.2 Å². The molecule has 1 aromatic heterocycles. The van der Waals surface area contributed by atoms with Crippen LogP contribution in [0, 0.1) is 11.3 Å². The molecular weight excluding hydrogens is 402 g/mol. The predicted molar refractivity (Wildman–Crippen MR) is 124 cm³/mol. The van der Waals surface area contributed by atoms with Gasteiger partial charge in [0, 0.05) is 24.7 Å². The van der Waals surface area contributed by atoms with Crippen molar-refractivity contribution in [2.45, 2.75) is 46.1 Å². The number of esters is 1. The molecule has 0 radical (unpaired) electrons. The number of nitriles is 1. The Balaban J connectivity index is 1.93. The molecule has 2 aromatic carbocycles. The number of hydrogen-bond acceptors (Lipinski definition) is 4. The smallest absolute Gasteiger partial charge is 0.327 e. The molecule has 1 heterocycles. The second-order valence-corrected chi connectivity index (χ2v) is 7.75. The van der Waals surface area contributed by atoms with E-state index in [0.29, 0.717) is 18.6 Å². The van der Waals surface area contributed by atoms with Crippen molar-refractivity contribution < 1.29 is 9.53 Å². The van der Waals surface area contributed by atoms with Crippen LogP contribution in [0.3, 0.4) is 0 Å². The fourth-order valence-electron chi connectivity index (χ4n) is 3.94. The Morgan fingerprint density at radius 1 is 1.09 bits per heavy atom. The molecule has 0 spiro atoms. The number of hydrogen-bond donors (Lipinski definition) is 0. The van der Waals surface area contributed by atoms with E-state index in [2.05, 4.69) is 13.0 Å². The van der Waals surface area contributed by atoms with Crippen LogP contribution in [0.4, 0.5) is 0 Å². The van der Waals surface area contributed by atoms with Crippen LogP contribution in [0.2, 0.25) is 0 Å². The average Bonchev–Trinajstić information content (AvgIpc) is 3.02. The summed E-state index contributed by atoms with van der Waals surface area (Å²) >= 11 is 0. The predicted octanol–water partition coefficient (Wildman–Crippen LogP) is 4.22. The molecule has 0 unspecified atom stereocenters. The van der Waals surface area contributed by atoms with Gasteiger partial charge < -0.3 is 4.74 Å². The lowest BCUT2D eigenvalue weighted by Gasteiger charge is -2.12. The number of aromatic nitrogens is 2. The van der Waals surface area contributed by atoms with Crippen LogP contribution in [0.25, 0.3) is 11.1 Å². The molecule has 0 aliphatic heterocycles. The first-order chi connectivity index (χ1) is 15.5. The van der Waals surface area contributed by atoms with E-state index in [1.807, 2.05) is 42.5 Å². The van der Waals surface area contributed by atoms with Gasteiger partial charge >= 0.3 is 5.97 Å². The molecule has 0 bridgehead atoms. The fourth-order valence-corrected chi connectivity index (χ4v) is 3.94. The van der Waals surface area contributed by atoms with Crippen molar-refractivity contribution in [3.8, 4) is 17.2 Å². The summed E-state index contributed by atoms with van der Waals surface area (Å²) in [4.78, 5) is 25.2. The van der Waals surface area contributed by atoms with Gasteiger partial charge in [-0.3, -0.25) is 19.0 Å². The molecule has 3 rings (SSSR count). The van der Waals surface area contributed by atoms with Gasteiger partial charge in [-0.05, 0) is 42.5 Å². The molecule has 3 aromatic rings. The quantitative estimate of drug-likeness (QED) is 0.475. The topological polar surface area (TPSA) is 77.0 Å². The molecule has 0 saturated heterocycles. The Bertz CT molecular complexity index is 1180. The van der Waals surface area contributed by atoms with E-state index in [9.17, 15) is 14.9 Å². The minimum Gasteiger partial charge on any atom is -0.465 e. The molecule has 6 nitrogen and oxygen atoms in total. The average molecular weight is 432 g/mol. The van der Waals surface area contributed by atoms with Gasteiger partial charge in [0.15, 0.2) is 0 Å². The highest BCUT2D eigenvalue weighted by Gasteiger charge is 2.20. The Kier molecular flexibility index (Phi) is 7.67. The maximum atomic E-state index is 13.0. The lowest BCUT2D eigenvalue weighted by molar-refractivity contribution is -0.144. The van der Waals surface area contributed by atoms with E-state index in [-0.39, 0.29) is 18.1 Å². The van der Waals surface area contributed by atoms with Crippen LogP contribution in [-0.4, -0.2) is 21.9 Å². The van der Waals surface area contributed by atoms with Gasteiger partial charge in [0.2, 0.25) is 0 Å². The summed E-state index contributed by atoms with van der Waals surface area (Å²) in [6, 6.07) is 17.7. The number of nitrogens with zero attached hydrogens (tertiary/aromatic N) is 3. The van der Waals surface area contributed by atoms with Crippen molar-refractivity contribution in [2.75, 3.05) is 6.61 Å². The standard InChI is InChI=1S/C26H29N3O3/c1-4-6-11-24-23(26(31)28(3)29(24)18-25(30)32-5-2)16-19-12-14-20(15-13-19)22-10-8-7-9-21(22)17-27/h7-10,12-15H,4-6,11,16,18H2,1-3H3. The van der Waals surface area contributed by atoms with Crippen LogP contribution in [0.15, 0.2) is 53.3 Å². The minimum atomic E-state index is -0.345. The van der Waals surface area contributed by atoms with Crippen LogP contribution >= 0.6 is 0 Å². The van der Waals surface area contributed by atoms with Gasteiger partial charge in [0.1, 0.15) is 6.54 Å². The number of carbonyl (C=O) groups excluding carboxylic acids is 1. The first-order valence-corrected chi connectivity index (χ1v) is 11.0. The van der Waals surface area contributed by atoms with Crippen LogP contribution in [-0.2, 0) is 36.0 Å². The third-order valence-electron chi connectivity index (χ3n) is 5.62. The van der Waals surface area contributed by atoms with Crippen molar-refractivity contribution >= 4 is 5.97 Å². The Hall–Kier alpha value is -3.59. The van der Waals surface area contributed by atoms with Crippen LogP contribution in [0.1, 0.15) is 49.1 Å². The van der Waals surface area contributed by atoms with Gasteiger partial charge in [0.25, 0.3) is 5.56 Å². The first kappa shape index (κ1) is 23.1. The highest BCUT2D eigenvalue weighted by Crippen LogP contribution is 2.24. The van der Waals surface area contributed by atoms with Gasteiger partial charge in [-0.25, -0.2) is 0 Å². The van der Waals surface area contributed by atoms with Gasteiger partial charge in [-0.15, -0.1) is 0 Å². The zero-order chi connectivity index (χ0) is 23.1. The lowest BCUT2D eigenvalue weighted by Crippen LogP contribution is -2.25. The largest absolute Gasteiger partial charge is 0.465 e. The number of rotatable bonds is 9. The van der Waals surface area contributed by atoms with Crippen molar-refractivity contribution in [3.05, 3.63) is 81.3 Å². The molecular formula is C26H29N3O3. The lowest BCUT2D eigenvalue weighted by atomic mass is 9.97. The molecule has 166 valence electrons. The van der Waals surface area contributed by atoms with Gasteiger partial charge in [-0.1, -0.05) is 55.8 Å². The maximum Gasteiger partial charge on any atom is 0.327 e. The van der Waals surface area contributed by atoms with Crippen molar-refractivity contribution in [2.24, 2.45) is 7.05 Å². The zero-order valence-corrected chi connectivity index (χ0v) is 18.9. The van der Waals surface area contributed by atoms with E-state index in [1.54, 1.807) is 24.7 Å². The SMILES string of the molecule is CCCCc1c(Cc2ccc(-c3ccccc3C#N)cc2)c(=O)n(C)n1CC(=O)OCC. The minimum absolute atomic E-state index is 0.0303. The third kappa shape index (κ3) is 5.00. The van der Waals surface area contributed by atoms with E-state index in [1.165, 1.54) is 4.68 Å². The summed E-state index contributed by atoms with van der Waals surface area (Å²) in [5.74, 6) is -0.345. The van der Waals surface area contributed by atoms with E-state index < -0.39 is 0 Å². The molecule has 0 fully saturated rings. The number of ether oxygens (including phenoxy) is 1.